The van der Waals surface area contributed by atoms with Crippen molar-refractivity contribution in [1.82, 2.24) is 5.32 Å². The molecule has 7 atom stereocenters. The van der Waals surface area contributed by atoms with Crippen molar-refractivity contribution in [2.75, 3.05) is 19.8 Å². The number of ether oxygens (including phenoxy) is 3. The molecule has 1 fully saturated rings. The number of hydrogen-bond acceptors (Lipinski definition) is 10. The third kappa shape index (κ3) is 57.6. The van der Waals surface area contributed by atoms with Gasteiger partial charge < -0.3 is 45.1 Å². The Morgan fingerprint density at radius 1 is 0.402 bits per heavy atom. The molecule has 0 saturated carbocycles. The van der Waals surface area contributed by atoms with Crippen LogP contribution in [0, 0.1) is 0 Å². The molecule has 0 spiro atoms. The Balaban J connectivity index is 1.88. The molecule has 1 aliphatic rings. The van der Waals surface area contributed by atoms with Crippen LogP contribution in [0.25, 0.3) is 0 Å². The van der Waals surface area contributed by atoms with Gasteiger partial charge in [0, 0.05) is 12.8 Å². The van der Waals surface area contributed by atoms with Gasteiger partial charge in [0.15, 0.2) is 6.29 Å². The summed E-state index contributed by atoms with van der Waals surface area (Å²) in [7, 11) is 0. The third-order valence-electron chi connectivity index (χ3n) is 18.6. The van der Waals surface area contributed by atoms with Crippen LogP contribution in [0.2, 0.25) is 0 Å². The van der Waals surface area contributed by atoms with E-state index < -0.39 is 49.5 Å². The molecule has 1 saturated heterocycles. The van der Waals surface area contributed by atoms with Crippen LogP contribution in [-0.4, -0.2) is 100 Å². The second kappa shape index (κ2) is 69.7. The van der Waals surface area contributed by atoms with Crippen LogP contribution in [0.5, 0.6) is 0 Å². The van der Waals surface area contributed by atoms with Gasteiger partial charge in [-0.05, 0) is 103 Å². The van der Waals surface area contributed by atoms with Gasteiger partial charge in [-0.2, -0.15) is 0 Å². The number of aliphatic hydroxyl groups excluding tert-OH is 5. The van der Waals surface area contributed by atoms with Gasteiger partial charge >= 0.3 is 5.97 Å². The first-order chi connectivity index (χ1) is 45.2. The first-order valence-corrected chi connectivity index (χ1v) is 39.6. The summed E-state index contributed by atoms with van der Waals surface area (Å²) in [5, 5.41) is 54.4. The van der Waals surface area contributed by atoms with E-state index in [4.69, 9.17) is 14.2 Å². The molecule has 11 nitrogen and oxygen atoms in total. The molecule has 538 valence electrons. The predicted molar refractivity (Wildman–Crippen MR) is 389 cm³/mol. The normalized spacial score (nSPS) is 17.8. The number of carbonyl (C=O) groups is 2. The zero-order valence-corrected chi connectivity index (χ0v) is 60.0. The molecular weight excluding hydrogens is 1150 g/mol. The first-order valence-electron chi connectivity index (χ1n) is 39.6. The van der Waals surface area contributed by atoms with Gasteiger partial charge in [-0.1, -0.05) is 325 Å². The fraction of sp³-hybridized carbons (Fsp3) is 0.852. The Hall–Kier alpha value is -2.64. The molecule has 1 aliphatic heterocycles. The lowest BCUT2D eigenvalue weighted by Crippen LogP contribution is -2.60. The van der Waals surface area contributed by atoms with Crippen molar-refractivity contribution >= 4 is 11.9 Å². The number of unbranched alkanes of at least 4 members (excludes halogenated alkanes) is 48. The zero-order chi connectivity index (χ0) is 66.5. The maximum Gasteiger partial charge on any atom is 0.305 e. The predicted octanol–water partition coefficient (Wildman–Crippen LogP) is 21.2. The average molecular weight is 1300 g/mol. The highest BCUT2D eigenvalue weighted by atomic mass is 16.7. The second-order valence-corrected chi connectivity index (χ2v) is 27.4. The largest absolute Gasteiger partial charge is 0.466 e. The molecule has 0 aromatic heterocycles. The molecule has 1 rings (SSSR count). The minimum atomic E-state index is -1.58. The number of allylic oxidation sites excluding steroid dienone is 9. The van der Waals surface area contributed by atoms with Crippen LogP contribution < -0.4 is 5.32 Å². The Morgan fingerprint density at radius 2 is 0.739 bits per heavy atom. The minimum Gasteiger partial charge on any atom is -0.466 e. The van der Waals surface area contributed by atoms with Gasteiger partial charge in [0.1, 0.15) is 24.4 Å². The van der Waals surface area contributed by atoms with Crippen molar-refractivity contribution in [3.8, 4) is 0 Å². The number of carbonyl (C=O) groups excluding carboxylic acids is 2. The number of nitrogens with one attached hydrogen (secondary N) is 1. The van der Waals surface area contributed by atoms with E-state index in [2.05, 4.69) is 67.8 Å². The van der Waals surface area contributed by atoms with E-state index in [1.54, 1.807) is 6.08 Å². The Morgan fingerprint density at radius 3 is 1.15 bits per heavy atom. The molecule has 0 aromatic carbocycles. The van der Waals surface area contributed by atoms with Crippen molar-refractivity contribution in [3.63, 3.8) is 0 Å². The number of esters is 1. The first kappa shape index (κ1) is 87.4. The highest BCUT2D eigenvalue weighted by Crippen LogP contribution is 2.24. The van der Waals surface area contributed by atoms with Crippen molar-refractivity contribution in [2.45, 2.75) is 423 Å². The molecule has 7 unspecified atom stereocenters. The molecule has 0 aromatic rings. The van der Waals surface area contributed by atoms with E-state index in [-0.39, 0.29) is 18.5 Å². The molecule has 0 radical (unpaired) electrons. The van der Waals surface area contributed by atoms with Gasteiger partial charge in [-0.25, -0.2) is 0 Å². The van der Waals surface area contributed by atoms with Gasteiger partial charge in [-0.15, -0.1) is 0 Å². The summed E-state index contributed by atoms with van der Waals surface area (Å²) in [5.74, 6) is -0.181. The third-order valence-corrected chi connectivity index (χ3v) is 18.6. The van der Waals surface area contributed by atoms with Crippen molar-refractivity contribution < 1.29 is 49.3 Å². The summed E-state index contributed by atoms with van der Waals surface area (Å²) < 4.78 is 16.7. The summed E-state index contributed by atoms with van der Waals surface area (Å²) in [6, 6.07) is -0.826. The number of amides is 1. The fourth-order valence-electron chi connectivity index (χ4n) is 12.4. The zero-order valence-electron chi connectivity index (χ0n) is 60.0. The Bertz CT molecular complexity index is 1710. The lowest BCUT2D eigenvalue weighted by atomic mass is 9.99. The van der Waals surface area contributed by atoms with Crippen LogP contribution in [0.15, 0.2) is 60.8 Å². The highest BCUT2D eigenvalue weighted by molar-refractivity contribution is 5.76. The molecule has 1 amide bonds. The van der Waals surface area contributed by atoms with Crippen molar-refractivity contribution in [2.24, 2.45) is 0 Å². The maximum absolute atomic E-state index is 13.0. The molecule has 11 heteroatoms. The van der Waals surface area contributed by atoms with E-state index in [1.807, 2.05) is 6.08 Å². The van der Waals surface area contributed by atoms with E-state index in [1.165, 1.54) is 289 Å². The van der Waals surface area contributed by atoms with Crippen LogP contribution >= 0.6 is 0 Å². The molecule has 6 N–H and O–H groups in total. The number of rotatable bonds is 70. The Kier molecular flexibility index (Phi) is 66.2. The van der Waals surface area contributed by atoms with Gasteiger partial charge in [0.05, 0.1) is 32.0 Å². The summed E-state index contributed by atoms with van der Waals surface area (Å²) in [4.78, 5) is 25.2. The molecular formula is C81H149NO10. The Labute approximate surface area is 567 Å². The van der Waals surface area contributed by atoms with Gasteiger partial charge in [0.25, 0.3) is 0 Å². The minimum absolute atomic E-state index is 0.00969. The monoisotopic (exact) mass is 1300 g/mol. The van der Waals surface area contributed by atoms with Crippen LogP contribution in [-0.2, 0) is 23.8 Å². The second-order valence-electron chi connectivity index (χ2n) is 27.4. The summed E-state index contributed by atoms with van der Waals surface area (Å²) in [6.45, 7) is 4.32. The van der Waals surface area contributed by atoms with Gasteiger partial charge in [0.2, 0.25) is 5.91 Å². The molecule has 0 bridgehead atoms. The van der Waals surface area contributed by atoms with Crippen LogP contribution in [0.1, 0.15) is 380 Å². The SMILES string of the molecule is CCCCCC/C=C/CC/C=C/C(O)C(COC1OC(CO)C(O)C(O)C1O)NC(=O)CCCCCCCCCCCCCCCCCCC/C=C\C/C=C\CCCCCCCCCCCCCOC(=O)CCCCCCCCCCC/C=C\CCCCCCCC. The molecule has 1 heterocycles. The van der Waals surface area contributed by atoms with Crippen LogP contribution in [0.4, 0.5) is 0 Å². The average Bonchev–Trinajstić information content (AvgIpc) is 0.979. The van der Waals surface area contributed by atoms with E-state index in [9.17, 15) is 35.1 Å². The quantitative estimate of drug-likeness (QED) is 0.0195. The lowest BCUT2D eigenvalue weighted by molar-refractivity contribution is -0.302. The molecule has 92 heavy (non-hydrogen) atoms. The fourth-order valence-corrected chi connectivity index (χ4v) is 12.4. The summed E-state index contributed by atoms with van der Waals surface area (Å²) in [5.41, 5.74) is 0. The lowest BCUT2D eigenvalue weighted by Gasteiger charge is -2.40. The van der Waals surface area contributed by atoms with E-state index in [0.29, 0.717) is 19.4 Å². The topological polar surface area (TPSA) is 175 Å². The number of aliphatic hydroxyl groups is 5. The number of hydrogen-bond donors (Lipinski definition) is 6. The van der Waals surface area contributed by atoms with Crippen molar-refractivity contribution in [1.29, 1.82) is 0 Å². The van der Waals surface area contributed by atoms with Gasteiger partial charge in [-0.3, -0.25) is 9.59 Å². The standard InChI is InChI=1S/C81H149NO10/c1-3-5-7-9-11-13-15-16-17-18-36-40-43-46-49-53-57-61-65-69-77(86)90-70-66-62-58-54-50-47-44-41-38-35-33-31-29-27-25-23-21-19-20-22-24-26-28-30-32-34-37-39-42-45-48-52-56-60-64-68-76(85)82-73(72-91-81-80(89)79(88)78(87)75(71-83)92-81)74(84)67-63-59-55-51-14-12-10-8-6-4-2/h14,16-17,21,23,27,29,51,63,67,73-75,78-81,83-84,87-89H,3-13,15,18-20,22,24-26,28,30-50,52-62,64-66,68-72H2,1-2H3,(H,82,85)/b17-16-,23-21-,29-27-,51-14+,67-63+. The van der Waals surface area contributed by atoms with Crippen molar-refractivity contribution in [3.05, 3.63) is 60.8 Å². The van der Waals surface area contributed by atoms with E-state index in [0.717, 1.165) is 64.2 Å². The summed E-state index contributed by atoms with van der Waals surface area (Å²) in [6.07, 6.45) is 84.1. The smallest absolute Gasteiger partial charge is 0.305 e. The van der Waals surface area contributed by atoms with E-state index >= 15 is 0 Å². The van der Waals surface area contributed by atoms with Crippen LogP contribution in [0.3, 0.4) is 0 Å². The molecule has 0 aliphatic carbocycles. The highest BCUT2D eigenvalue weighted by Gasteiger charge is 2.44. The summed E-state index contributed by atoms with van der Waals surface area (Å²) >= 11 is 0. The maximum atomic E-state index is 13.0.